The Balaban J connectivity index is 2.26. The summed E-state index contributed by atoms with van der Waals surface area (Å²) in [6.45, 7) is 6.55. The maximum Gasteiger partial charge on any atom is 0.115 e. The van der Waals surface area contributed by atoms with E-state index in [0.29, 0.717) is 6.04 Å². The van der Waals surface area contributed by atoms with Crippen LogP contribution >= 0.6 is 22.7 Å². The van der Waals surface area contributed by atoms with Crippen molar-refractivity contribution in [2.75, 3.05) is 0 Å². The Hall–Kier alpha value is -0.710. The van der Waals surface area contributed by atoms with Crippen LogP contribution in [0.1, 0.15) is 41.6 Å². The van der Waals surface area contributed by atoms with Crippen molar-refractivity contribution in [3.63, 3.8) is 0 Å². The molecule has 0 aliphatic rings. The van der Waals surface area contributed by atoms with Crippen molar-refractivity contribution in [1.29, 1.82) is 0 Å². The van der Waals surface area contributed by atoms with Gasteiger partial charge < -0.3 is 5.32 Å². The topological polar surface area (TPSA) is 24.9 Å². The van der Waals surface area contributed by atoms with Crippen molar-refractivity contribution < 1.29 is 0 Å². The number of hydrogen-bond donors (Lipinski definition) is 1. The molecule has 1 unspecified atom stereocenters. The lowest BCUT2D eigenvalue weighted by molar-refractivity contribution is 0.532. The van der Waals surface area contributed by atoms with Crippen LogP contribution in [0.2, 0.25) is 0 Å². The van der Waals surface area contributed by atoms with Crippen LogP contribution in [-0.2, 0) is 6.42 Å². The monoisotopic (exact) mass is 266 g/mol. The molecule has 0 aromatic carbocycles. The molecule has 2 rings (SSSR count). The average molecular weight is 266 g/mol. The predicted molar refractivity (Wildman–Crippen MR) is 75.9 cm³/mol. The zero-order valence-corrected chi connectivity index (χ0v) is 12.1. The van der Waals surface area contributed by atoms with Gasteiger partial charge in [-0.15, -0.1) is 22.7 Å². The summed E-state index contributed by atoms with van der Waals surface area (Å²) in [5.41, 5.74) is 0. The fraction of sp³-hybridized carbons (Fsp3) is 0.462. The van der Waals surface area contributed by atoms with Crippen molar-refractivity contribution in [3.8, 4) is 0 Å². The fourth-order valence-corrected chi connectivity index (χ4v) is 3.53. The second-order valence-electron chi connectivity index (χ2n) is 4.28. The van der Waals surface area contributed by atoms with Crippen LogP contribution in [0.4, 0.5) is 0 Å². The molecule has 0 spiro atoms. The van der Waals surface area contributed by atoms with Crippen molar-refractivity contribution in [2.45, 2.75) is 39.3 Å². The molecule has 1 N–H and O–H groups in total. The normalized spacial score (nSPS) is 13.2. The lowest BCUT2D eigenvalue weighted by Crippen LogP contribution is -2.28. The summed E-state index contributed by atoms with van der Waals surface area (Å²) in [6.07, 6.45) is 2.99. The zero-order chi connectivity index (χ0) is 12.3. The lowest BCUT2D eigenvalue weighted by Gasteiger charge is -2.17. The molecule has 0 aliphatic heterocycles. The van der Waals surface area contributed by atoms with E-state index in [0.717, 1.165) is 11.4 Å². The molecule has 2 aromatic rings. The molecule has 0 saturated carbocycles. The van der Waals surface area contributed by atoms with E-state index in [1.54, 1.807) is 11.3 Å². The molecule has 2 nitrogen and oxygen atoms in total. The first kappa shape index (κ1) is 12.7. The molecule has 17 heavy (non-hydrogen) atoms. The summed E-state index contributed by atoms with van der Waals surface area (Å²) >= 11 is 3.60. The number of nitrogens with zero attached hydrogens (tertiary/aromatic N) is 1. The Morgan fingerprint density at radius 2 is 2.18 bits per heavy atom. The van der Waals surface area contributed by atoms with Crippen molar-refractivity contribution >= 4 is 22.7 Å². The molecule has 2 heterocycles. The summed E-state index contributed by atoms with van der Waals surface area (Å²) in [5.74, 6) is 0. The molecule has 0 bridgehead atoms. The third-order valence-electron chi connectivity index (χ3n) is 2.51. The number of nitrogens with one attached hydrogen (secondary N) is 1. The highest BCUT2D eigenvalue weighted by Crippen LogP contribution is 2.30. The smallest absolute Gasteiger partial charge is 0.115 e. The van der Waals surface area contributed by atoms with Crippen molar-refractivity contribution in [3.05, 3.63) is 38.5 Å². The Labute approximate surface area is 111 Å². The second-order valence-corrected chi connectivity index (χ2v) is 6.41. The van der Waals surface area contributed by atoms with Gasteiger partial charge >= 0.3 is 0 Å². The van der Waals surface area contributed by atoms with Crippen LogP contribution in [0.5, 0.6) is 0 Å². The van der Waals surface area contributed by atoms with Gasteiger partial charge in [0.05, 0.1) is 6.04 Å². The second kappa shape index (κ2) is 5.76. The largest absolute Gasteiger partial charge is 0.301 e. The third-order valence-corrected chi connectivity index (χ3v) is 4.65. The van der Waals surface area contributed by atoms with Gasteiger partial charge in [-0.05, 0) is 32.4 Å². The summed E-state index contributed by atoms with van der Waals surface area (Å²) in [4.78, 5) is 7.25. The maximum absolute atomic E-state index is 4.44. The fourth-order valence-electron chi connectivity index (χ4n) is 1.73. The summed E-state index contributed by atoms with van der Waals surface area (Å²) in [5, 5.41) is 6.79. The van der Waals surface area contributed by atoms with Gasteiger partial charge in [-0.25, -0.2) is 4.98 Å². The van der Waals surface area contributed by atoms with Crippen LogP contribution in [0.3, 0.4) is 0 Å². The molecule has 1 atom stereocenters. The Morgan fingerprint density at radius 3 is 2.71 bits per heavy atom. The SMILES string of the molecule is CCc1ccc(C(NC(C)C)c2nccs2)s1. The van der Waals surface area contributed by atoms with Gasteiger partial charge in [-0.2, -0.15) is 0 Å². The maximum atomic E-state index is 4.44. The van der Waals surface area contributed by atoms with Gasteiger partial charge in [0.15, 0.2) is 0 Å². The highest BCUT2D eigenvalue weighted by atomic mass is 32.1. The summed E-state index contributed by atoms with van der Waals surface area (Å²) in [7, 11) is 0. The van der Waals surface area contributed by atoms with Crippen LogP contribution < -0.4 is 5.32 Å². The van der Waals surface area contributed by atoms with E-state index in [1.807, 2.05) is 22.9 Å². The minimum Gasteiger partial charge on any atom is -0.301 e. The van der Waals surface area contributed by atoms with Crippen LogP contribution in [0.25, 0.3) is 0 Å². The van der Waals surface area contributed by atoms with E-state index in [9.17, 15) is 0 Å². The van der Waals surface area contributed by atoms with Gasteiger partial charge in [0.25, 0.3) is 0 Å². The molecular formula is C13H18N2S2. The van der Waals surface area contributed by atoms with Crippen LogP contribution in [0, 0.1) is 0 Å². The summed E-state index contributed by atoms with van der Waals surface area (Å²) < 4.78 is 0. The van der Waals surface area contributed by atoms with E-state index in [2.05, 4.69) is 43.2 Å². The highest BCUT2D eigenvalue weighted by molar-refractivity contribution is 7.12. The molecule has 0 amide bonds. The van der Waals surface area contributed by atoms with Crippen LogP contribution in [-0.4, -0.2) is 11.0 Å². The lowest BCUT2D eigenvalue weighted by atomic mass is 10.2. The van der Waals surface area contributed by atoms with Crippen molar-refractivity contribution in [2.24, 2.45) is 0 Å². The van der Waals surface area contributed by atoms with E-state index < -0.39 is 0 Å². The van der Waals surface area contributed by atoms with Crippen LogP contribution in [0.15, 0.2) is 23.7 Å². The Bertz CT molecular complexity index is 446. The molecule has 2 aromatic heterocycles. The van der Waals surface area contributed by atoms with E-state index in [1.165, 1.54) is 9.75 Å². The van der Waals surface area contributed by atoms with Gasteiger partial charge in [0, 0.05) is 27.4 Å². The molecular weight excluding hydrogens is 248 g/mol. The average Bonchev–Trinajstić information content (AvgIpc) is 2.97. The van der Waals surface area contributed by atoms with Gasteiger partial charge in [0.2, 0.25) is 0 Å². The highest BCUT2D eigenvalue weighted by Gasteiger charge is 2.19. The standard InChI is InChI=1S/C13H18N2S2/c1-4-10-5-6-11(17-10)12(15-9(2)3)13-14-7-8-16-13/h5-9,12,15H,4H2,1-3H3. The third kappa shape index (κ3) is 3.15. The number of hydrogen-bond acceptors (Lipinski definition) is 4. The number of aryl methyl sites for hydroxylation is 1. The quantitative estimate of drug-likeness (QED) is 0.889. The van der Waals surface area contributed by atoms with E-state index >= 15 is 0 Å². The predicted octanol–water partition coefficient (Wildman–Crippen LogP) is 3.85. The van der Waals surface area contributed by atoms with E-state index in [4.69, 9.17) is 0 Å². The first-order chi connectivity index (χ1) is 8.20. The zero-order valence-electron chi connectivity index (χ0n) is 10.4. The minimum atomic E-state index is 0.250. The van der Waals surface area contributed by atoms with E-state index in [-0.39, 0.29) is 6.04 Å². The minimum absolute atomic E-state index is 0.250. The number of aromatic nitrogens is 1. The number of thiophene rings is 1. The molecule has 4 heteroatoms. The van der Waals surface area contributed by atoms with Gasteiger partial charge in [-0.3, -0.25) is 0 Å². The first-order valence-electron chi connectivity index (χ1n) is 5.94. The molecule has 0 aliphatic carbocycles. The number of rotatable bonds is 5. The summed E-state index contributed by atoms with van der Waals surface area (Å²) in [6, 6.07) is 5.16. The Morgan fingerprint density at radius 1 is 1.35 bits per heavy atom. The molecule has 92 valence electrons. The first-order valence-corrected chi connectivity index (χ1v) is 7.64. The van der Waals surface area contributed by atoms with Crippen molar-refractivity contribution in [1.82, 2.24) is 10.3 Å². The Kier molecular flexibility index (Phi) is 4.31. The number of thiazole rings is 1. The molecule has 0 fully saturated rings. The molecule has 0 radical (unpaired) electrons. The van der Waals surface area contributed by atoms with Gasteiger partial charge in [-0.1, -0.05) is 6.92 Å². The van der Waals surface area contributed by atoms with Gasteiger partial charge in [0.1, 0.15) is 5.01 Å². The molecule has 0 saturated heterocycles.